The zero-order valence-corrected chi connectivity index (χ0v) is 17.0. The second-order valence-corrected chi connectivity index (χ2v) is 7.95. The molecule has 0 spiro atoms. The molecular formula is C20H22N2O5S. The van der Waals surface area contributed by atoms with E-state index in [0.717, 1.165) is 11.1 Å². The van der Waals surface area contributed by atoms with E-state index >= 15 is 0 Å². The molecule has 2 aromatic carbocycles. The molecule has 1 aliphatic heterocycles. The molecule has 1 unspecified atom stereocenters. The van der Waals surface area contributed by atoms with E-state index in [1.165, 1.54) is 0 Å². The minimum Gasteiger partial charge on any atom is -0.496 e. The molecule has 0 aromatic heterocycles. The van der Waals surface area contributed by atoms with Gasteiger partial charge in [0.05, 0.1) is 13.2 Å². The van der Waals surface area contributed by atoms with E-state index in [0.29, 0.717) is 28.1 Å². The average Bonchev–Trinajstić information content (AvgIpc) is 2.62. The van der Waals surface area contributed by atoms with Crippen LogP contribution in [0.2, 0.25) is 0 Å². The van der Waals surface area contributed by atoms with Crippen molar-refractivity contribution >= 4 is 21.9 Å². The summed E-state index contributed by atoms with van der Waals surface area (Å²) in [6, 6.07) is 8.35. The van der Waals surface area contributed by atoms with Crippen molar-refractivity contribution in [3.63, 3.8) is 0 Å². The summed E-state index contributed by atoms with van der Waals surface area (Å²) >= 11 is 0. The summed E-state index contributed by atoms with van der Waals surface area (Å²) in [5, 5.41) is 4.99. The van der Waals surface area contributed by atoms with Gasteiger partial charge in [0.1, 0.15) is 11.5 Å². The molecule has 1 amide bonds. The Morgan fingerprint density at radius 2 is 1.75 bits per heavy atom. The van der Waals surface area contributed by atoms with Gasteiger partial charge in [0.15, 0.2) is 0 Å². The molecule has 0 aliphatic carbocycles. The van der Waals surface area contributed by atoms with Crippen LogP contribution in [0, 0.1) is 20.8 Å². The molecule has 2 N–H and O–H groups in total. The molecule has 148 valence electrons. The topological polar surface area (TPSA) is 98.9 Å². The number of nitrogens with two attached hydrogens (primary N) is 1. The highest BCUT2D eigenvalue weighted by molar-refractivity contribution is 7.84. The number of ether oxygens (including phenoxy) is 1. The van der Waals surface area contributed by atoms with Crippen molar-refractivity contribution in [3.05, 3.63) is 64.7 Å². The highest BCUT2D eigenvalue weighted by Gasteiger charge is 2.43. The molecule has 1 atom stereocenters. The summed E-state index contributed by atoms with van der Waals surface area (Å²) in [4.78, 5) is 14.2. The number of nitrogens with zero attached hydrogens (tertiary/aromatic N) is 1. The summed E-state index contributed by atoms with van der Waals surface area (Å²) in [5.41, 5.74) is 4.34. The Hall–Kier alpha value is -2.84. The number of hydrogen-bond acceptors (Lipinski definition) is 5. The van der Waals surface area contributed by atoms with E-state index in [9.17, 15) is 13.2 Å². The minimum absolute atomic E-state index is 0.116. The largest absolute Gasteiger partial charge is 0.496 e. The van der Waals surface area contributed by atoms with Gasteiger partial charge in [-0.2, -0.15) is 13.6 Å². The number of rotatable bonds is 5. The first-order valence-electron chi connectivity index (χ1n) is 8.54. The lowest BCUT2D eigenvalue weighted by molar-refractivity contribution is -0.118. The predicted octanol–water partition coefficient (Wildman–Crippen LogP) is 2.85. The third-order valence-electron chi connectivity index (χ3n) is 4.92. The zero-order chi connectivity index (χ0) is 20.8. The molecule has 28 heavy (non-hydrogen) atoms. The summed E-state index contributed by atoms with van der Waals surface area (Å²) in [5.74, 6) is 0.593. The van der Waals surface area contributed by atoms with Gasteiger partial charge in [-0.05, 0) is 55.2 Å². The maximum Gasteiger partial charge on any atom is 0.380 e. The van der Waals surface area contributed by atoms with Crippen LogP contribution in [0.25, 0.3) is 0 Å². The monoisotopic (exact) mass is 402 g/mol. The van der Waals surface area contributed by atoms with Crippen LogP contribution < -0.4 is 19.0 Å². The number of carbonyl (C=O) groups excluding carboxylic acids is 1. The zero-order valence-electron chi connectivity index (χ0n) is 16.1. The number of anilines is 1. The van der Waals surface area contributed by atoms with Gasteiger partial charge in [-0.1, -0.05) is 18.7 Å². The lowest BCUT2D eigenvalue weighted by atomic mass is 9.87. The fourth-order valence-corrected chi connectivity index (χ4v) is 3.69. The van der Waals surface area contributed by atoms with Gasteiger partial charge in [-0.3, -0.25) is 9.69 Å². The summed E-state index contributed by atoms with van der Waals surface area (Å²) in [6.45, 7) is 9.47. The highest BCUT2D eigenvalue weighted by atomic mass is 32.2. The molecule has 0 radical (unpaired) electrons. The number of benzene rings is 2. The summed E-state index contributed by atoms with van der Waals surface area (Å²) in [7, 11) is -2.58. The Morgan fingerprint density at radius 1 is 1.07 bits per heavy atom. The van der Waals surface area contributed by atoms with Gasteiger partial charge in [0, 0.05) is 17.3 Å². The van der Waals surface area contributed by atoms with E-state index in [1.807, 2.05) is 19.9 Å². The number of aryl methyl sites for hydroxylation is 2. The second-order valence-electron chi connectivity index (χ2n) is 6.79. The number of β-lactam (4-membered cyclic amide) rings is 1. The van der Waals surface area contributed by atoms with Crippen molar-refractivity contribution in [1.29, 1.82) is 0 Å². The van der Waals surface area contributed by atoms with Crippen molar-refractivity contribution in [2.75, 3.05) is 12.0 Å². The van der Waals surface area contributed by atoms with Gasteiger partial charge < -0.3 is 8.92 Å². The molecule has 7 nitrogen and oxygen atoms in total. The van der Waals surface area contributed by atoms with Gasteiger partial charge >= 0.3 is 10.3 Å². The number of hydrogen-bond donors (Lipinski definition) is 1. The van der Waals surface area contributed by atoms with Gasteiger partial charge in [-0.25, -0.2) is 0 Å². The minimum atomic E-state index is -4.16. The van der Waals surface area contributed by atoms with Crippen molar-refractivity contribution in [2.45, 2.75) is 26.8 Å². The Kier molecular flexibility index (Phi) is 4.95. The first-order chi connectivity index (χ1) is 13.0. The van der Waals surface area contributed by atoms with Crippen LogP contribution in [-0.4, -0.2) is 21.4 Å². The highest BCUT2D eigenvalue weighted by Crippen LogP contribution is 2.44. The molecule has 1 saturated heterocycles. The van der Waals surface area contributed by atoms with Crippen molar-refractivity contribution in [3.8, 4) is 11.5 Å². The van der Waals surface area contributed by atoms with Crippen molar-refractivity contribution in [1.82, 2.24) is 0 Å². The lowest BCUT2D eigenvalue weighted by Crippen LogP contribution is -2.48. The number of amides is 1. The fourth-order valence-electron chi connectivity index (χ4n) is 3.26. The van der Waals surface area contributed by atoms with E-state index in [-0.39, 0.29) is 11.7 Å². The maximum atomic E-state index is 12.6. The van der Waals surface area contributed by atoms with E-state index in [4.69, 9.17) is 14.1 Å². The van der Waals surface area contributed by atoms with E-state index in [2.05, 4.69) is 6.58 Å². The van der Waals surface area contributed by atoms with E-state index in [1.54, 1.807) is 43.2 Å². The van der Waals surface area contributed by atoms with Crippen LogP contribution in [0.1, 0.15) is 28.3 Å². The van der Waals surface area contributed by atoms with Crippen LogP contribution >= 0.6 is 0 Å². The standard InChI is InChI=1S/C20H22N2O5S/c1-11-6-7-15(9-17(11)27-28(21,24)25)19-14(4)20(23)22(19)16-8-12(2)13(3)18(10-16)26-5/h6-10,19H,4H2,1-3,5H3,(H2,21,24,25). The second kappa shape index (κ2) is 6.96. The van der Waals surface area contributed by atoms with Crippen LogP contribution in [0.3, 0.4) is 0 Å². The molecule has 0 bridgehead atoms. The summed E-state index contributed by atoms with van der Waals surface area (Å²) in [6.07, 6.45) is 0. The molecule has 1 aliphatic rings. The Labute approximate surface area is 164 Å². The first-order valence-corrected chi connectivity index (χ1v) is 10.0. The molecule has 1 heterocycles. The quantitative estimate of drug-likeness (QED) is 0.612. The third kappa shape index (κ3) is 3.48. The number of carbonyl (C=O) groups is 1. The lowest BCUT2D eigenvalue weighted by Gasteiger charge is -2.43. The molecule has 1 fully saturated rings. The maximum absolute atomic E-state index is 12.6. The van der Waals surface area contributed by atoms with Gasteiger partial charge in [0.25, 0.3) is 5.91 Å². The van der Waals surface area contributed by atoms with Crippen LogP contribution in [0.15, 0.2) is 42.5 Å². The third-order valence-corrected chi connectivity index (χ3v) is 5.33. The molecule has 0 saturated carbocycles. The SMILES string of the molecule is C=C1C(=O)N(c2cc(C)c(C)c(OC)c2)C1c1ccc(C)c(OS(N)(=O)=O)c1. The number of methoxy groups -OCH3 is 1. The predicted molar refractivity (Wildman–Crippen MR) is 107 cm³/mol. The molecule has 3 rings (SSSR count). The smallest absolute Gasteiger partial charge is 0.380 e. The van der Waals surface area contributed by atoms with Gasteiger partial charge in [-0.15, -0.1) is 0 Å². The van der Waals surface area contributed by atoms with Crippen molar-refractivity contribution < 1.29 is 22.1 Å². The van der Waals surface area contributed by atoms with Crippen LogP contribution in [-0.2, 0) is 15.1 Å². The average molecular weight is 402 g/mol. The Morgan fingerprint density at radius 3 is 2.36 bits per heavy atom. The molecule has 8 heteroatoms. The first kappa shape index (κ1) is 19.9. The van der Waals surface area contributed by atoms with Gasteiger partial charge in [0.2, 0.25) is 0 Å². The van der Waals surface area contributed by atoms with E-state index < -0.39 is 16.3 Å². The Balaban J connectivity index is 2.05. The van der Waals surface area contributed by atoms with Crippen LogP contribution in [0.5, 0.6) is 11.5 Å². The van der Waals surface area contributed by atoms with Crippen LogP contribution in [0.4, 0.5) is 5.69 Å². The normalized spacial score (nSPS) is 16.8. The summed E-state index contributed by atoms with van der Waals surface area (Å²) < 4.78 is 32.9. The van der Waals surface area contributed by atoms with Crippen molar-refractivity contribution in [2.24, 2.45) is 5.14 Å². The molecule has 2 aromatic rings. The fraction of sp³-hybridized carbons (Fsp3) is 0.250. The Bertz CT molecular complexity index is 1090. The molecular weight excluding hydrogens is 380 g/mol.